The van der Waals surface area contributed by atoms with Gasteiger partial charge in [-0.1, -0.05) is 13.8 Å². The van der Waals surface area contributed by atoms with E-state index in [1.54, 1.807) is 0 Å². The molecule has 4 unspecified atom stereocenters. The van der Waals surface area contributed by atoms with Crippen LogP contribution in [0.4, 0.5) is 0 Å². The molecule has 0 aromatic rings. The average Bonchev–Trinajstić information content (AvgIpc) is 2.30. The van der Waals surface area contributed by atoms with E-state index in [1.165, 1.54) is 25.8 Å². The van der Waals surface area contributed by atoms with Crippen molar-refractivity contribution in [2.24, 2.45) is 5.41 Å². The zero-order chi connectivity index (χ0) is 12.6. The molecule has 0 radical (unpaired) electrons. The molecule has 100 valence electrons. The Morgan fingerprint density at radius 2 is 2.00 bits per heavy atom. The number of rotatable bonds is 3. The summed E-state index contributed by atoms with van der Waals surface area (Å²) in [5.41, 5.74) is 0.315. The van der Waals surface area contributed by atoms with E-state index >= 15 is 0 Å². The lowest BCUT2D eigenvalue weighted by Crippen LogP contribution is -2.65. The summed E-state index contributed by atoms with van der Waals surface area (Å²) in [7, 11) is 3.93. The van der Waals surface area contributed by atoms with E-state index in [2.05, 4.69) is 38.0 Å². The van der Waals surface area contributed by atoms with Gasteiger partial charge in [-0.3, -0.25) is 4.90 Å². The third kappa shape index (κ3) is 2.25. The quantitative estimate of drug-likeness (QED) is 0.815. The molecule has 1 saturated heterocycles. The van der Waals surface area contributed by atoms with Crippen LogP contribution in [0.1, 0.15) is 40.0 Å². The third-order valence-corrected chi connectivity index (χ3v) is 5.15. The maximum absolute atomic E-state index is 5.56. The topological polar surface area (TPSA) is 24.5 Å². The lowest BCUT2D eigenvalue weighted by Gasteiger charge is -2.58. The molecule has 1 saturated carbocycles. The molecular formula is C14H28N2O. The summed E-state index contributed by atoms with van der Waals surface area (Å²) in [5.74, 6) is 0. The van der Waals surface area contributed by atoms with Crippen LogP contribution in [0, 0.1) is 5.41 Å². The molecule has 0 spiro atoms. The van der Waals surface area contributed by atoms with E-state index in [1.807, 2.05) is 7.11 Å². The van der Waals surface area contributed by atoms with Crippen LogP contribution in [0.25, 0.3) is 0 Å². The summed E-state index contributed by atoms with van der Waals surface area (Å²) >= 11 is 0. The fourth-order valence-corrected chi connectivity index (χ4v) is 3.74. The highest BCUT2D eigenvalue weighted by Crippen LogP contribution is 2.47. The lowest BCUT2D eigenvalue weighted by molar-refractivity contribution is -0.151. The summed E-state index contributed by atoms with van der Waals surface area (Å²) in [5, 5.41) is 3.42. The molecule has 4 atom stereocenters. The van der Waals surface area contributed by atoms with Crippen molar-refractivity contribution in [2.45, 2.75) is 64.3 Å². The van der Waals surface area contributed by atoms with Gasteiger partial charge in [0.1, 0.15) is 0 Å². The summed E-state index contributed by atoms with van der Waals surface area (Å²) in [6, 6.07) is 2.12. The molecular weight excluding hydrogens is 212 g/mol. The van der Waals surface area contributed by atoms with Crippen molar-refractivity contribution in [3.8, 4) is 0 Å². The van der Waals surface area contributed by atoms with Crippen molar-refractivity contribution < 1.29 is 4.74 Å². The van der Waals surface area contributed by atoms with Gasteiger partial charge in [-0.15, -0.1) is 0 Å². The Morgan fingerprint density at radius 3 is 2.47 bits per heavy atom. The van der Waals surface area contributed by atoms with Crippen LogP contribution in [0.15, 0.2) is 0 Å². The van der Waals surface area contributed by atoms with Crippen molar-refractivity contribution in [1.82, 2.24) is 10.2 Å². The van der Waals surface area contributed by atoms with Crippen LogP contribution in [0.5, 0.6) is 0 Å². The summed E-state index contributed by atoms with van der Waals surface area (Å²) in [6.45, 7) is 8.31. The lowest BCUT2D eigenvalue weighted by atomic mass is 9.63. The van der Waals surface area contributed by atoms with Gasteiger partial charge in [0.2, 0.25) is 0 Å². The van der Waals surface area contributed by atoms with Crippen LogP contribution < -0.4 is 5.32 Å². The first-order chi connectivity index (χ1) is 8.00. The molecule has 0 aromatic heterocycles. The minimum Gasteiger partial charge on any atom is -0.381 e. The summed E-state index contributed by atoms with van der Waals surface area (Å²) in [4.78, 5) is 2.71. The fraction of sp³-hybridized carbons (Fsp3) is 1.00. The molecule has 17 heavy (non-hydrogen) atoms. The van der Waals surface area contributed by atoms with Crippen molar-refractivity contribution in [1.29, 1.82) is 0 Å². The first-order valence-corrected chi connectivity index (χ1v) is 6.96. The predicted molar refractivity (Wildman–Crippen MR) is 71.2 cm³/mol. The van der Waals surface area contributed by atoms with E-state index in [9.17, 15) is 0 Å². The van der Waals surface area contributed by atoms with Gasteiger partial charge in [-0.2, -0.15) is 0 Å². The number of nitrogens with one attached hydrogen (secondary N) is 1. The Balaban J connectivity index is 1.96. The van der Waals surface area contributed by atoms with Crippen LogP contribution >= 0.6 is 0 Å². The Kier molecular flexibility index (Phi) is 3.81. The minimum absolute atomic E-state index is 0.315. The smallest absolute Gasteiger partial charge is 0.0652 e. The first-order valence-electron chi connectivity index (χ1n) is 6.96. The maximum Gasteiger partial charge on any atom is 0.0652 e. The zero-order valence-electron chi connectivity index (χ0n) is 12.0. The van der Waals surface area contributed by atoms with Gasteiger partial charge in [0.25, 0.3) is 0 Å². The SMILES string of the molecule is CNC1CCN(C2CC(OC)C2(C)C)C(C)C1. The number of nitrogens with zero attached hydrogens (tertiary/aromatic N) is 1. The highest BCUT2D eigenvalue weighted by atomic mass is 16.5. The molecule has 2 aliphatic rings. The Morgan fingerprint density at radius 1 is 1.29 bits per heavy atom. The molecule has 3 heteroatoms. The van der Waals surface area contributed by atoms with Crippen molar-refractivity contribution in [3.63, 3.8) is 0 Å². The van der Waals surface area contributed by atoms with E-state index in [0.717, 1.165) is 0 Å². The predicted octanol–water partition coefficient (Wildman–Crippen LogP) is 1.87. The van der Waals surface area contributed by atoms with E-state index in [4.69, 9.17) is 4.74 Å². The monoisotopic (exact) mass is 240 g/mol. The van der Waals surface area contributed by atoms with Crippen molar-refractivity contribution >= 4 is 0 Å². The Hall–Kier alpha value is -0.120. The third-order valence-electron chi connectivity index (χ3n) is 5.15. The molecule has 2 rings (SSSR count). The van der Waals surface area contributed by atoms with Crippen LogP contribution in [-0.4, -0.2) is 49.8 Å². The normalized spacial score (nSPS) is 42.2. The molecule has 0 bridgehead atoms. The second kappa shape index (κ2) is 4.87. The fourth-order valence-electron chi connectivity index (χ4n) is 3.74. The highest BCUT2D eigenvalue weighted by molar-refractivity contribution is 5.05. The number of hydrogen-bond acceptors (Lipinski definition) is 3. The van der Waals surface area contributed by atoms with Crippen molar-refractivity contribution in [3.05, 3.63) is 0 Å². The molecule has 0 amide bonds. The largest absolute Gasteiger partial charge is 0.381 e. The average molecular weight is 240 g/mol. The van der Waals surface area contributed by atoms with E-state index < -0.39 is 0 Å². The van der Waals surface area contributed by atoms with Gasteiger partial charge >= 0.3 is 0 Å². The van der Waals surface area contributed by atoms with Crippen LogP contribution in [0.3, 0.4) is 0 Å². The Labute approximate surface area is 106 Å². The molecule has 1 aliphatic carbocycles. The number of ether oxygens (including phenoxy) is 1. The first kappa shape index (κ1) is 13.3. The van der Waals surface area contributed by atoms with Gasteiger partial charge in [0.15, 0.2) is 0 Å². The summed E-state index contributed by atoms with van der Waals surface area (Å²) < 4.78 is 5.56. The number of likely N-dealkylation sites (tertiary alicyclic amines) is 1. The molecule has 1 N–H and O–H groups in total. The second-order valence-corrected chi connectivity index (χ2v) is 6.39. The number of hydrogen-bond donors (Lipinski definition) is 1. The van der Waals surface area contributed by atoms with Crippen LogP contribution in [0.2, 0.25) is 0 Å². The molecule has 1 aliphatic heterocycles. The van der Waals surface area contributed by atoms with Crippen LogP contribution in [-0.2, 0) is 4.74 Å². The van der Waals surface area contributed by atoms with Crippen molar-refractivity contribution in [2.75, 3.05) is 20.7 Å². The highest BCUT2D eigenvalue weighted by Gasteiger charge is 2.52. The van der Waals surface area contributed by atoms with Gasteiger partial charge in [-0.25, -0.2) is 0 Å². The molecule has 1 heterocycles. The number of methoxy groups -OCH3 is 1. The van der Waals surface area contributed by atoms with E-state index in [0.29, 0.717) is 29.6 Å². The van der Waals surface area contributed by atoms with Gasteiger partial charge < -0.3 is 10.1 Å². The van der Waals surface area contributed by atoms with Gasteiger partial charge in [0.05, 0.1) is 6.10 Å². The summed E-state index contributed by atoms with van der Waals surface area (Å²) in [6.07, 6.45) is 4.21. The minimum atomic E-state index is 0.315. The Bertz CT molecular complexity index is 267. The second-order valence-electron chi connectivity index (χ2n) is 6.39. The number of piperidine rings is 1. The maximum atomic E-state index is 5.56. The zero-order valence-corrected chi connectivity index (χ0v) is 12.0. The molecule has 2 fully saturated rings. The van der Waals surface area contributed by atoms with E-state index in [-0.39, 0.29) is 0 Å². The van der Waals surface area contributed by atoms with Gasteiger partial charge in [0, 0.05) is 37.2 Å². The molecule has 3 nitrogen and oxygen atoms in total. The standard InChI is InChI=1S/C14H28N2O/c1-10-8-11(15-4)6-7-16(10)12-9-13(17-5)14(12,2)3/h10-13,15H,6-9H2,1-5H3. The molecule has 0 aromatic carbocycles. The van der Waals surface area contributed by atoms with Gasteiger partial charge in [-0.05, 0) is 33.2 Å².